The van der Waals surface area contributed by atoms with Crippen molar-refractivity contribution in [3.63, 3.8) is 0 Å². The second-order valence-electron chi connectivity index (χ2n) is 4.22. The molecule has 13 heavy (non-hydrogen) atoms. The van der Waals surface area contributed by atoms with Crippen molar-refractivity contribution < 1.29 is 9.53 Å². The molecular formula is C10H19NO2. The molecule has 4 atom stereocenters. The minimum atomic E-state index is -0.0775. The summed E-state index contributed by atoms with van der Waals surface area (Å²) in [6.45, 7) is 4.18. The van der Waals surface area contributed by atoms with Gasteiger partial charge in [-0.3, -0.25) is 4.79 Å². The Kier molecular flexibility index (Phi) is 3.31. The van der Waals surface area contributed by atoms with Crippen LogP contribution in [0.3, 0.4) is 0 Å². The van der Waals surface area contributed by atoms with Crippen LogP contribution in [0.15, 0.2) is 0 Å². The molecule has 0 spiro atoms. The molecule has 0 aromatic heterocycles. The van der Waals surface area contributed by atoms with Gasteiger partial charge < -0.3 is 10.5 Å². The monoisotopic (exact) mass is 185 g/mol. The molecule has 3 heteroatoms. The van der Waals surface area contributed by atoms with Crippen LogP contribution in [0.5, 0.6) is 0 Å². The predicted molar refractivity (Wildman–Crippen MR) is 51.0 cm³/mol. The highest BCUT2D eigenvalue weighted by Crippen LogP contribution is 2.33. The van der Waals surface area contributed by atoms with Crippen molar-refractivity contribution in [3.8, 4) is 0 Å². The van der Waals surface area contributed by atoms with E-state index >= 15 is 0 Å². The van der Waals surface area contributed by atoms with E-state index in [-0.39, 0.29) is 17.9 Å². The van der Waals surface area contributed by atoms with Gasteiger partial charge in [0.05, 0.1) is 13.0 Å². The van der Waals surface area contributed by atoms with Gasteiger partial charge >= 0.3 is 5.97 Å². The van der Waals surface area contributed by atoms with Crippen LogP contribution in [0.2, 0.25) is 0 Å². The standard InChI is InChI=1S/C10H19NO2/c1-6-5-9(11)7(2)4-8(6)10(12)13-3/h6-9H,4-5,11H2,1-3H3/t6-,7+,8+,9+/m1/s1. The Morgan fingerprint density at radius 2 is 1.92 bits per heavy atom. The van der Waals surface area contributed by atoms with E-state index in [1.54, 1.807) is 0 Å². The Hall–Kier alpha value is -0.570. The van der Waals surface area contributed by atoms with Gasteiger partial charge in [0.2, 0.25) is 0 Å². The lowest BCUT2D eigenvalue weighted by molar-refractivity contribution is -0.149. The molecule has 76 valence electrons. The lowest BCUT2D eigenvalue weighted by Gasteiger charge is -2.35. The van der Waals surface area contributed by atoms with Crippen LogP contribution < -0.4 is 5.73 Å². The molecule has 1 aliphatic carbocycles. The van der Waals surface area contributed by atoms with Gasteiger partial charge in [-0.15, -0.1) is 0 Å². The van der Waals surface area contributed by atoms with Crippen molar-refractivity contribution in [2.45, 2.75) is 32.7 Å². The summed E-state index contributed by atoms with van der Waals surface area (Å²) in [4.78, 5) is 11.4. The number of esters is 1. The van der Waals surface area contributed by atoms with Crippen LogP contribution in [-0.4, -0.2) is 19.1 Å². The van der Waals surface area contributed by atoms with Gasteiger partial charge in [0.1, 0.15) is 0 Å². The van der Waals surface area contributed by atoms with E-state index in [1.807, 2.05) is 0 Å². The zero-order valence-corrected chi connectivity index (χ0v) is 8.62. The molecule has 0 bridgehead atoms. The molecule has 0 heterocycles. The zero-order valence-electron chi connectivity index (χ0n) is 8.62. The van der Waals surface area contributed by atoms with Gasteiger partial charge in [-0.05, 0) is 24.7 Å². The zero-order chi connectivity index (χ0) is 10.0. The van der Waals surface area contributed by atoms with E-state index < -0.39 is 0 Å². The first kappa shape index (κ1) is 10.5. The summed E-state index contributed by atoms with van der Waals surface area (Å²) in [5, 5.41) is 0. The molecule has 0 aromatic carbocycles. The topological polar surface area (TPSA) is 52.3 Å². The Morgan fingerprint density at radius 1 is 1.31 bits per heavy atom. The second-order valence-corrected chi connectivity index (χ2v) is 4.22. The van der Waals surface area contributed by atoms with Crippen LogP contribution in [0, 0.1) is 17.8 Å². The van der Waals surface area contributed by atoms with Crippen LogP contribution in [0.4, 0.5) is 0 Å². The third-order valence-corrected chi connectivity index (χ3v) is 3.19. The van der Waals surface area contributed by atoms with E-state index in [1.165, 1.54) is 7.11 Å². The van der Waals surface area contributed by atoms with Gasteiger partial charge in [0, 0.05) is 6.04 Å². The second kappa shape index (κ2) is 4.09. The summed E-state index contributed by atoms with van der Waals surface area (Å²) in [6.07, 6.45) is 1.80. The first-order valence-electron chi connectivity index (χ1n) is 4.89. The van der Waals surface area contributed by atoms with Crippen LogP contribution in [0.25, 0.3) is 0 Å². The summed E-state index contributed by atoms with van der Waals surface area (Å²) in [6, 6.07) is 0.246. The molecule has 0 aliphatic heterocycles. The fourth-order valence-corrected chi connectivity index (χ4v) is 2.11. The first-order valence-corrected chi connectivity index (χ1v) is 4.89. The normalized spacial score (nSPS) is 40.0. The average molecular weight is 185 g/mol. The van der Waals surface area contributed by atoms with Crippen molar-refractivity contribution in [2.75, 3.05) is 7.11 Å². The highest BCUT2D eigenvalue weighted by molar-refractivity contribution is 5.72. The van der Waals surface area contributed by atoms with Gasteiger partial charge in [0.15, 0.2) is 0 Å². The number of hydrogen-bond donors (Lipinski definition) is 1. The molecule has 1 rings (SSSR count). The number of methoxy groups -OCH3 is 1. The molecule has 1 aliphatic rings. The number of hydrogen-bond acceptors (Lipinski definition) is 3. The Labute approximate surface area is 79.6 Å². The predicted octanol–water partition coefficient (Wildman–Crippen LogP) is 1.17. The Morgan fingerprint density at radius 3 is 2.46 bits per heavy atom. The lowest BCUT2D eigenvalue weighted by atomic mass is 9.73. The summed E-state index contributed by atoms with van der Waals surface area (Å²) in [5.74, 6) is 0.769. The van der Waals surface area contributed by atoms with E-state index in [2.05, 4.69) is 13.8 Å². The molecule has 0 unspecified atom stereocenters. The van der Waals surface area contributed by atoms with E-state index in [9.17, 15) is 4.79 Å². The minimum Gasteiger partial charge on any atom is -0.469 e. The van der Waals surface area contributed by atoms with Crippen molar-refractivity contribution >= 4 is 5.97 Å². The molecule has 1 saturated carbocycles. The van der Waals surface area contributed by atoms with Crippen LogP contribution >= 0.6 is 0 Å². The fourth-order valence-electron chi connectivity index (χ4n) is 2.11. The molecule has 2 N–H and O–H groups in total. The van der Waals surface area contributed by atoms with Gasteiger partial charge in [-0.25, -0.2) is 0 Å². The summed E-state index contributed by atoms with van der Waals surface area (Å²) in [7, 11) is 1.45. The maximum atomic E-state index is 11.4. The minimum absolute atomic E-state index is 0.0554. The Balaban J connectivity index is 2.61. The van der Waals surface area contributed by atoms with Crippen molar-refractivity contribution in [2.24, 2.45) is 23.5 Å². The van der Waals surface area contributed by atoms with Gasteiger partial charge in [-0.1, -0.05) is 13.8 Å². The SMILES string of the molecule is COC(=O)[C@H]1C[C@H](C)[C@@H](N)C[C@H]1C. The van der Waals surface area contributed by atoms with Crippen molar-refractivity contribution in [1.29, 1.82) is 0 Å². The molecular weight excluding hydrogens is 166 g/mol. The largest absolute Gasteiger partial charge is 0.469 e. The number of carbonyl (C=O) groups excluding carboxylic acids is 1. The van der Waals surface area contributed by atoms with E-state index in [0.717, 1.165) is 12.8 Å². The maximum absolute atomic E-state index is 11.4. The van der Waals surface area contributed by atoms with Gasteiger partial charge in [0.25, 0.3) is 0 Å². The number of rotatable bonds is 1. The highest BCUT2D eigenvalue weighted by Gasteiger charge is 2.35. The molecule has 0 aromatic rings. The highest BCUT2D eigenvalue weighted by atomic mass is 16.5. The van der Waals surface area contributed by atoms with Crippen LogP contribution in [-0.2, 0) is 9.53 Å². The molecule has 0 amide bonds. The third kappa shape index (κ3) is 2.21. The van der Waals surface area contributed by atoms with E-state index in [0.29, 0.717) is 11.8 Å². The third-order valence-electron chi connectivity index (χ3n) is 3.19. The van der Waals surface area contributed by atoms with Gasteiger partial charge in [-0.2, -0.15) is 0 Å². The smallest absolute Gasteiger partial charge is 0.308 e. The number of nitrogens with two attached hydrogens (primary N) is 1. The number of carbonyl (C=O) groups is 1. The number of ether oxygens (including phenoxy) is 1. The average Bonchev–Trinajstić information content (AvgIpc) is 2.10. The van der Waals surface area contributed by atoms with E-state index in [4.69, 9.17) is 10.5 Å². The van der Waals surface area contributed by atoms with Crippen molar-refractivity contribution in [3.05, 3.63) is 0 Å². The molecule has 0 saturated heterocycles. The quantitative estimate of drug-likeness (QED) is 0.624. The molecule has 3 nitrogen and oxygen atoms in total. The summed E-state index contributed by atoms with van der Waals surface area (Å²) < 4.78 is 4.76. The first-order chi connectivity index (χ1) is 6.06. The lowest BCUT2D eigenvalue weighted by Crippen LogP contribution is -2.41. The Bertz CT molecular complexity index is 193. The fraction of sp³-hybridized carbons (Fsp3) is 0.900. The summed E-state index contributed by atoms with van der Waals surface area (Å²) in [5.41, 5.74) is 5.92. The molecule has 1 fully saturated rings. The van der Waals surface area contributed by atoms with Crippen molar-refractivity contribution in [1.82, 2.24) is 0 Å². The van der Waals surface area contributed by atoms with Crippen LogP contribution in [0.1, 0.15) is 26.7 Å². The summed E-state index contributed by atoms with van der Waals surface area (Å²) >= 11 is 0. The molecule has 0 radical (unpaired) electrons. The maximum Gasteiger partial charge on any atom is 0.308 e.